The number of hydrogen-bond donors (Lipinski definition) is 2. The standard InChI is InChI=1S/C19H24N4O2.HI/c1-3-13-20-19(22-15(2)17-7-5-4-6-8-17)21-14-16-9-11-18(12-10-16)23(24)25;/h4-12,15H,3,13-14H2,1-2H3,(H2,20,21,22);1H. The second-order valence-electron chi connectivity index (χ2n) is 5.79. The van der Waals surface area contributed by atoms with Gasteiger partial charge in [-0.25, -0.2) is 4.99 Å². The molecule has 7 heteroatoms. The summed E-state index contributed by atoms with van der Waals surface area (Å²) in [5.74, 6) is 0.733. The Balaban J connectivity index is 0.00000338. The zero-order valence-electron chi connectivity index (χ0n) is 15.0. The molecule has 0 spiro atoms. The zero-order chi connectivity index (χ0) is 18.1. The van der Waals surface area contributed by atoms with Crippen molar-refractivity contribution in [2.45, 2.75) is 32.9 Å². The molecule has 0 heterocycles. The number of non-ortho nitro benzene ring substituents is 1. The smallest absolute Gasteiger partial charge is 0.269 e. The highest BCUT2D eigenvalue weighted by Crippen LogP contribution is 2.13. The average molecular weight is 468 g/mol. The summed E-state index contributed by atoms with van der Waals surface area (Å²) in [5.41, 5.74) is 2.20. The maximum absolute atomic E-state index is 10.7. The lowest BCUT2D eigenvalue weighted by molar-refractivity contribution is -0.384. The third kappa shape index (κ3) is 6.99. The summed E-state index contributed by atoms with van der Waals surface area (Å²) in [4.78, 5) is 14.9. The van der Waals surface area contributed by atoms with Crippen LogP contribution >= 0.6 is 24.0 Å². The molecule has 0 aliphatic heterocycles. The van der Waals surface area contributed by atoms with Gasteiger partial charge < -0.3 is 10.6 Å². The monoisotopic (exact) mass is 468 g/mol. The molecule has 0 fully saturated rings. The molecule has 1 unspecified atom stereocenters. The number of benzene rings is 2. The minimum absolute atomic E-state index is 0. The van der Waals surface area contributed by atoms with Crippen molar-refractivity contribution in [3.05, 3.63) is 75.8 Å². The van der Waals surface area contributed by atoms with Gasteiger partial charge in [0.25, 0.3) is 5.69 Å². The van der Waals surface area contributed by atoms with Crippen molar-refractivity contribution in [3.63, 3.8) is 0 Å². The van der Waals surface area contributed by atoms with E-state index in [1.165, 1.54) is 17.7 Å². The van der Waals surface area contributed by atoms with Crippen LogP contribution < -0.4 is 10.6 Å². The van der Waals surface area contributed by atoms with Crippen LogP contribution in [0.4, 0.5) is 5.69 Å². The molecule has 0 amide bonds. The molecule has 26 heavy (non-hydrogen) atoms. The average Bonchev–Trinajstić information content (AvgIpc) is 2.64. The summed E-state index contributed by atoms with van der Waals surface area (Å²) >= 11 is 0. The number of nitrogens with one attached hydrogen (secondary N) is 2. The Bertz CT molecular complexity index is 705. The fraction of sp³-hybridized carbons (Fsp3) is 0.316. The summed E-state index contributed by atoms with van der Waals surface area (Å²) in [7, 11) is 0. The summed E-state index contributed by atoms with van der Waals surface area (Å²) in [6.07, 6.45) is 0.998. The summed E-state index contributed by atoms with van der Waals surface area (Å²) in [5, 5.41) is 17.4. The number of hydrogen-bond acceptors (Lipinski definition) is 3. The highest BCUT2D eigenvalue weighted by atomic mass is 127. The van der Waals surface area contributed by atoms with Crippen LogP contribution in [0.5, 0.6) is 0 Å². The highest BCUT2D eigenvalue weighted by Gasteiger charge is 2.08. The van der Waals surface area contributed by atoms with Crippen LogP contribution in [-0.2, 0) is 6.54 Å². The number of guanidine groups is 1. The first-order chi connectivity index (χ1) is 12.1. The third-order valence-corrected chi connectivity index (χ3v) is 3.76. The topological polar surface area (TPSA) is 79.6 Å². The molecule has 6 nitrogen and oxygen atoms in total. The van der Waals surface area contributed by atoms with Crippen molar-refractivity contribution in [1.29, 1.82) is 0 Å². The fourth-order valence-corrected chi connectivity index (χ4v) is 2.32. The summed E-state index contributed by atoms with van der Waals surface area (Å²) in [6.45, 7) is 5.47. The van der Waals surface area contributed by atoms with Gasteiger partial charge >= 0.3 is 0 Å². The van der Waals surface area contributed by atoms with Gasteiger partial charge in [0.1, 0.15) is 0 Å². The van der Waals surface area contributed by atoms with Crippen LogP contribution in [0.15, 0.2) is 59.6 Å². The van der Waals surface area contributed by atoms with Gasteiger partial charge in [-0.1, -0.05) is 49.4 Å². The minimum Gasteiger partial charge on any atom is -0.356 e. The van der Waals surface area contributed by atoms with Gasteiger partial charge in [0.05, 0.1) is 17.5 Å². The largest absolute Gasteiger partial charge is 0.356 e. The molecule has 0 radical (unpaired) electrons. The van der Waals surface area contributed by atoms with Crippen molar-refractivity contribution < 1.29 is 4.92 Å². The molecule has 0 aliphatic carbocycles. The molecule has 2 aromatic rings. The van der Waals surface area contributed by atoms with E-state index >= 15 is 0 Å². The van der Waals surface area contributed by atoms with E-state index in [1.54, 1.807) is 12.1 Å². The quantitative estimate of drug-likeness (QED) is 0.207. The third-order valence-electron chi connectivity index (χ3n) is 3.76. The minimum atomic E-state index is -0.398. The predicted molar refractivity (Wildman–Crippen MR) is 116 cm³/mol. The molecule has 2 aromatic carbocycles. The number of nitrogens with zero attached hydrogens (tertiary/aromatic N) is 2. The normalized spacial score (nSPS) is 12.0. The maximum Gasteiger partial charge on any atom is 0.269 e. The molecule has 0 aromatic heterocycles. The molecular weight excluding hydrogens is 443 g/mol. The van der Waals surface area contributed by atoms with Crippen molar-refractivity contribution in [1.82, 2.24) is 10.6 Å². The Hall–Kier alpha value is -2.16. The van der Waals surface area contributed by atoms with Gasteiger partial charge in [0.2, 0.25) is 0 Å². The predicted octanol–water partition coefficient (Wildman–Crippen LogP) is 4.42. The molecular formula is C19H25IN4O2. The van der Waals surface area contributed by atoms with E-state index in [4.69, 9.17) is 0 Å². The van der Waals surface area contributed by atoms with Crippen LogP contribution in [0, 0.1) is 10.1 Å². The van der Waals surface area contributed by atoms with Crippen LogP contribution in [0.3, 0.4) is 0 Å². The van der Waals surface area contributed by atoms with E-state index in [0.29, 0.717) is 6.54 Å². The van der Waals surface area contributed by atoms with Gasteiger partial charge in [-0.05, 0) is 24.5 Å². The Morgan fingerprint density at radius 3 is 2.38 bits per heavy atom. The molecule has 0 aliphatic rings. The van der Waals surface area contributed by atoms with Gasteiger partial charge in [-0.3, -0.25) is 10.1 Å². The first kappa shape index (κ1) is 21.9. The summed E-state index contributed by atoms with van der Waals surface area (Å²) in [6, 6.07) is 16.8. The van der Waals surface area contributed by atoms with Gasteiger partial charge in [-0.15, -0.1) is 24.0 Å². The lowest BCUT2D eigenvalue weighted by Gasteiger charge is -2.18. The first-order valence-electron chi connectivity index (χ1n) is 8.43. The van der Waals surface area contributed by atoms with Crippen molar-refractivity contribution in [2.24, 2.45) is 4.99 Å². The Morgan fingerprint density at radius 1 is 1.15 bits per heavy atom. The van der Waals surface area contributed by atoms with Crippen LogP contribution in [-0.4, -0.2) is 17.4 Å². The molecule has 0 saturated carbocycles. The Morgan fingerprint density at radius 2 is 1.81 bits per heavy atom. The molecule has 0 bridgehead atoms. The highest BCUT2D eigenvalue weighted by molar-refractivity contribution is 14.0. The Kier molecular flexibility index (Phi) is 9.64. The van der Waals surface area contributed by atoms with Gasteiger partial charge in [0, 0.05) is 18.7 Å². The van der Waals surface area contributed by atoms with E-state index in [2.05, 4.69) is 41.6 Å². The maximum atomic E-state index is 10.7. The van der Waals surface area contributed by atoms with Gasteiger partial charge in [-0.2, -0.15) is 0 Å². The number of halogens is 1. The van der Waals surface area contributed by atoms with Crippen LogP contribution in [0.25, 0.3) is 0 Å². The van der Waals surface area contributed by atoms with E-state index < -0.39 is 4.92 Å². The van der Waals surface area contributed by atoms with E-state index in [1.807, 2.05) is 18.2 Å². The van der Waals surface area contributed by atoms with E-state index in [-0.39, 0.29) is 35.7 Å². The second kappa shape index (κ2) is 11.5. The lowest BCUT2D eigenvalue weighted by atomic mass is 10.1. The lowest BCUT2D eigenvalue weighted by Crippen LogP contribution is -2.39. The summed E-state index contributed by atoms with van der Waals surface area (Å²) < 4.78 is 0. The number of nitro benzene ring substituents is 1. The Labute approximate surface area is 171 Å². The molecule has 2 rings (SSSR count). The second-order valence-corrected chi connectivity index (χ2v) is 5.79. The number of nitro groups is 1. The van der Waals surface area contributed by atoms with Gasteiger partial charge in [0.15, 0.2) is 5.96 Å². The number of rotatable bonds is 7. The molecule has 2 N–H and O–H groups in total. The number of aliphatic imine (C=N–C) groups is 1. The molecule has 0 saturated heterocycles. The fourth-order valence-electron chi connectivity index (χ4n) is 2.32. The first-order valence-corrected chi connectivity index (χ1v) is 8.43. The molecule has 140 valence electrons. The van der Waals surface area contributed by atoms with Crippen molar-refractivity contribution in [3.8, 4) is 0 Å². The van der Waals surface area contributed by atoms with Crippen LogP contribution in [0.1, 0.15) is 37.4 Å². The van der Waals surface area contributed by atoms with Crippen molar-refractivity contribution in [2.75, 3.05) is 6.54 Å². The zero-order valence-corrected chi connectivity index (χ0v) is 17.3. The van der Waals surface area contributed by atoms with E-state index in [9.17, 15) is 10.1 Å². The molecule has 1 atom stereocenters. The van der Waals surface area contributed by atoms with E-state index in [0.717, 1.165) is 24.5 Å². The van der Waals surface area contributed by atoms with Crippen LogP contribution in [0.2, 0.25) is 0 Å². The van der Waals surface area contributed by atoms with Crippen molar-refractivity contribution >= 4 is 35.6 Å². The SMILES string of the molecule is CCCNC(=NCc1ccc([N+](=O)[O-])cc1)NC(C)c1ccccc1.I.